The van der Waals surface area contributed by atoms with E-state index in [1.165, 1.54) is 12.1 Å². The molecule has 1 saturated heterocycles. The summed E-state index contributed by atoms with van der Waals surface area (Å²) in [6.45, 7) is 4.95. The van der Waals surface area contributed by atoms with Crippen molar-refractivity contribution in [3.63, 3.8) is 0 Å². The van der Waals surface area contributed by atoms with Gasteiger partial charge in [0.25, 0.3) is 5.91 Å². The van der Waals surface area contributed by atoms with Gasteiger partial charge in [0, 0.05) is 18.7 Å². The zero-order valence-corrected chi connectivity index (χ0v) is 19.5. The molecule has 1 N–H and O–H groups in total. The van der Waals surface area contributed by atoms with Gasteiger partial charge >= 0.3 is 0 Å². The van der Waals surface area contributed by atoms with Crippen LogP contribution in [0.3, 0.4) is 0 Å². The van der Waals surface area contributed by atoms with Crippen LogP contribution < -0.4 is 5.32 Å². The van der Waals surface area contributed by atoms with Crippen LogP contribution >= 0.6 is 0 Å². The average molecular weight is 471 g/mol. The van der Waals surface area contributed by atoms with Crippen molar-refractivity contribution in [2.75, 3.05) is 18.4 Å². The highest BCUT2D eigenvalue weighted by Crippen LogP contribution is 2.26. The van der Waals surface area contributed by atoms with Crippen LogP contribution in [0.4, 0.5) is 10.1 Å². The molecule has 0 spiro atoms. The summed E-state index contributed by atoms with van der Waals surface area (Å²) in [5, 5.41) is 7.04. The standard InChI is InChI=1S/C24H27FN4O3S/c1-17-23(33(31,32)28-14-6-3-7-15-28)18(2)29(27-17)16-19-10-12-20(13-11-19)24(30)26-22-9-5-4-8-21(22)25/h4-5,8-13H,3,6-7,14-16H2,1-2H3,(H,26,30). The molecule has 33 heavy (non-hydrogen) atoms. The van der Waals surface area contributed by atoms with Gasteiger partial charge in [0.15, 0.2) is 0 Å². The molecule has 1 aromatic heterocycles. The Balaban J connectivity index is 1.50. The molecule has 1 aliphatic rings. The largest absolute Gasteiger partial charge is 0.319 e. The van der Waals surface area contributed by atoms with Crippen LogP contribution in [0.2, 0.25) is 0 Å². The first-order valence-corrected chi connectivity index (χ1v) is 12.4. The van der Waals surface area contributed by atoms with Crippen LogP contribution in [-0.2, 0) is 16.6 Å². The maximum absolute atomic E-state index is 13.8. The molecule has 1 amide bonds. The van der Waals surface area contributed by atoms with E-state index in [-0.39, 0.29) is 10.6 Å². The van der Waals surface area contributed by atoms with Gasteiger partial charge in [-0.05, 0) is 56.5 Å². The zero-order valence-electron chi connectivity index (χ0n) is 18.7. The Kier molecular flexibility index (Phi) is 6.62. The maximum Gasteiger partial charge on any atom is 0.255 e. The predicted molar refractivity (Wildman–Crippen MR) is 124 cm³/mol. The highest BCUT2D eigenvalue weighted by Gasteiger charge is 2.31. The Morgan fingerprint density at radius 2 is 1.70 bits per heavy atom. The molecule has 9 heteroatoms. The molecule has 1 aliphatic heterocycles. The number of aromatic nitrogens is 2. The van der Waals surface area contributed by atoms with Crippen molar-refractivity contribution in [3.05, 3.63) is 76.9 Å². The second kappa shape index (κ2) is 9.44. The van der Waals surface area contributed by atoms with E-state index in [2.05, 4.69) is 10.4 Å². The van der Waals surface area contributed by atoms with Gasteiger partial charge in [-0.2, -0.15) is 9.40 Å². The molecule has 174 valence electrons. The molecule has 7 nitrogen and oxygen atoms in total. The molecule has 0 atom stereocenters. The number of carbonyl (C=O) groups is 1. The first-order valence-electron chi connectivity index (χ1n) is 11.0. The van der Waals surface area contributed by atoms with Crippen molar-refractivity contribution in [1.29, 1.82) is 0 Å². The van der Waals surface area contributed by atoms with E-state index in [4.69, 9.17) is 0 Å². The normalized spacial score (nSPS) is 14.9. The maximum atomic E-state index is 13.8. The minimum Gasteiger partial charge on any atom is -0.319 e. The third-order valence-electron chi connectivity index (χ3n) is 5.90. The molecule has 2 aromatic carbocycles. The van der Waals surface area contributed by atoms with Gasteiger partial charge in [0.1, 0.15) is 10.7 Å². The number of hydrogen-bond acceptors (Lipinski definition) is 4. The number of aryl methyl sites for hydroxylation is 1. The van der Waals surface area contributed by atoms with Crippen molar-refractivity contribution in [1.82, 2.24) is 14.1 Å². The summed E-state index contributed by atoms with van der Waals surface area (Å²) < 4.78 is 43.4. The van der Waals surface area contributed by atoms with Crippen LogP contribution in [-0.4, -0.2) is 41.5 Å². The monoisotopic (exact) mass is 470 g/mol. The van der Waals surface area contributed by atoms with Gasteiger partial charge in [-0.15, -0.1) is 0 Å². The number of piperidine rings is 1. The van der Waals surface area contributed by atoms with E-state index >= 15 is 0 Å². The average Bonchev–Trinajstić information content (AvgIpc) is 3.09. The molecule has 0 radical (unpaired) electrons. The highest BCUT2D eigenvalue weighted by atomic mass is 32.2. The number of nitrogens with zero attached hydrogens (tertiary/aromatic N) is 3. The van der Waals surface area contributed by atoms with Crippen LogP contribution in [0, 0.1) is 19.7 Å². The summed E-state index contributed by atoms with van der Waals surface area (Å²) >= 11 is 0. The van der Waals surface area contributed by atoms with E-state index < -0.39 is 21.7 Å². The Hall–Kier alpha value is -3.04. The van der Waals surface area contributed by atoms with Gasteiger partial charge in [0.2, 0.25) is 10.0 Å². The number of rotatable bonds is 6. The van der Waals surface area contributed by atoms with Gasteiger partial charge in [0.05, 0.1) is 23.6 Å². The third kappa shape index (κ3) is 4.84. The van der Waals surface area contributed by atoms with Crippen molar-refractivity contribution in [2.24, 2.45) is 0 Å². The molecule has 4 rings (SSSR count). The smallest absolute Gasteiger partial charge is 0.255 e. The number of benzene rings is 2. The fraction of sp³-hybridized carbons (Fsp3) is 0.333. The summed E-state index contributed by atoms with van der Waals surface area (Å²) in [6.07, 6.45) is 2.81. The fourth-order valence-electron chi connectivity index (χ4n) is 4.13. The number of nitrogens with one attached hydrogen (secondary N) is 1. The van der Waals surface area contributed by atoms with Gasteiger partial charge in [-0.3, -0.25) is 9.48 Å². The number of carbonyl (C=O) groups excluding carboxylic acids is 1. The molecular formula is C24H27FN4O3S. The Labute approximate surface area is 193 Å². The van der Waals surface area contributed by atoms with Gasteiger partial charge in [-0.25, -0.2) is 12.8 Å². The molecule has 0 saturated carbocycles. The van der Waals surface area contributed by atoms with Gasteiger partial charge < -0.3 is 5.32 Å². The number of sulfonamides is 1. The van der Waals surface area contributed by atoms with Gasteiger partial charge in [-0.1, -0.05) is 30.7 Å². The summed E-state index contributed by atoms with van der Waals surface area (Å²) in [6, 6.07) is 12.9. The number of amides is 1. The lowest BCUT2D eigenvalue weighted by Crippen LogP contribution is -2.36. The number of para-hydroxylation sites is 1. The van der Waals surface area contributed by atoms with Crippen LogP contribution in [0.5, 0.6) is 0 Å². The molecule has 1 fully saturated rings. The van der Waals surface area contributed by atoms with E-state index in [1.807, 2.05) is 0 Å². The van der Waals surface area contributed by atoms with Crippen molar-refractivity contribution in [3.8, 4) is 0 Å². The second-order valence-electron chi connectivity index (χ2n) is 8.25. The molecule has 2 heterocycles. The van der Waals surface area contributed by atoms with E-state index in [0.717, 1.165) is 24.8 Å². The summed E-state index contributed by atoms with van der Waals surface area (Å²) in [5.41, 5.74) is 2.46. The Morgan fingerprint density at radius 3 is 2.36 bits per heavy atom. The number of anilines is 1. The van der Waals surface area contributed by atoms with Crippen molar-refractivity contribution >= 4 is 21.6 Å². The first-order chi connectivity index (χ1) is 15.8. The SMILES string of the molecule is Cc1nn(Cc2ccc(C(=O)Nc3ccccc3F)cc2)c(C)c1S(=O)(=O)N1CCCCC1. The van der Waals surface area contributed by atoms with E-state index in [1.54, 1.807) is 59.2 Å². The summed E-state index contributed by atoms with van der Waals surface area (Å²) in [7, 11) is -3.58. The van der Waals surface area contributed by atoms with Crippen molar-refractivity contribution in [2.45, 2.75) is 44.6 Å². The Bertz CT molecular complexity index is 1260. The minimum absolute atomic E-state index is 0.122. The first kappa shape index (κ1) is 23.1. The summed E-state index contributed by atoms with van der Waals surface area (Å²) in [5.74, 6) is -0.907. The lowest BCUT2D eigenvalue weighted by Gasteiger charge is -2.26. The van der Waals surface area contributed by atoms with E-state index in [0.29, 0.717) is 36.6 Å². The molecule has 3 aromatic rings. The summed E-state index contributed by atoms with van der Waals surface area (Å²) in [4.78, 5) is 12.7. The zero-order chi connectivity index (χ0) is 23.6. The molecule has 0 unspecified atom stereocenters. The minimum atomic E-state index is -3.58. The molecule has 0 bridgehead atoms. The van der Waals surface area contributed by atoms with E-state index in [9.17, 15) is 17.6 Å². The topological polar surface area (TPSA) is 84.3 Å². The second-order valence-corrected chi connectivity index (χ2v) is 10.1. The quantitative estimate of drug-likeness (QED) is 0.588. The Morgan fingerprint density at radius 1 is 1.03 bits per heavy atom. The highest BCUT2D eigenvalue weighted by molar-refractivity contribution is 7.89. The van der Waals surface area contributed by atoms with Crippen molar-refractivity contribution < 1.29 is 17.6 Å². The molecular weight excluding hydrogens is 443 g/mol. The van der Waals surface area contributed by atoms with Crippen LogP contribution in [0.25, 0.3) is 0 Å². The predicted octanol–water partition coefficient (Wildman–Crippen LogP) is 4.11. The number of halogens is 1. The van der Waals surface area contributed by atoms with Crippen LogP contribution in [0.1, 0.15) is 46.6 Å². The fourth-order valence-corrected chi connectivity index (χ4v) is 6.02. The number of hydrogen-bond donors (Lipinski definition) is 1. The lowest BCUT2D eigenvalue weighted by molar-refractivity contribution is 0.102. The third-order valence-corrected chi connectivity index (χ3v) is 8.05. The lowest BCUT2D eigenvalue weighted by atomic mass is 10.1. The van der Waals surface area contributed by atoms with Crippen LogP contribution in [0.15, 0.2) is 53.4 Å². The molecule has 0 aliphatic carbocycles.